The third-order valence-corrected chi connectivity index (χ3v) is 2.91. The molecule has 0 amide bonds. The molecule has 0 unspecified atom stereocenters. The molecule has 0 aliphatic heterocycles. The number of carboxylic acid groups (broad SMARTS) is 1. The Morgan fingerprint density at radius 3 is 2.47 bits per heavy atom. The fraction of sp³-hybridized carbons (Fsp3) is 0.500. The Bertz CT molecular complexity index is 348. The van der Waals surface area contributed by atoms with Crippen LogP contribution in [0.4, 0.5) is 0 Å². The van der Waals surface area contributed by atoms with E-state index in [1.807, 2.05) is 37.3 Å². The molecule has 17 heavy (non-hydrogen) atoms. The average Bonchev–Trinajstić information content (AvgIpc) is 2.27. The third-order valence-electron chi connectivity index (χ3n) is 2.91. The summed E-state index contributed by atoms with van der Waals surface area (Å²) in [5.41, 5.74) is -0.0240. The summed E-state index contributed by atoms with van der Waals surface area (Å²) >= 11 is 0. The fourth-order valence-corrected chi connectivity index (χ4v) is 2.06. The van der Waals surface area contributed by atoms with E-state index in [1.165, 1.54) is 0 Å². The topological polar surface area (TPSA) is 60.4 Å². The first-order valence-electron chi connectivity index (χ1n) is 6.02. The van der Waals surface area contributed by atoms with E-state index >= 15 is 0 Å². The summed E-state index contributed by atoms with van der Waals surface area (Å²) in [6, 6.07) is 9.76. The highest BCUT2D eigenvalue weighted by atomic mass is 16.4. The van der Waals surface area contributed by atoms with Gasteiger partial charge in [0.25, 0.3) is 0 Å². The van der Waals surface area contributed by atoms with Crippen LogP contribution in [0.2, 0.25) is 0 Å². The van der Waals surface area contributed by atoms with Crippen LogP contribution in [0.15, 0.2) is 30.3 Å². The first-order chi connectivity index (χ1) is 8.06. The molecule has 0 spiro atoms. The first kappa shape index (κ1) is 13.7. The van der Waals surface area contributed by atoms with Crippen LogP contribution < -0.4 is 5.11 Å². The maximum Gasteiger partial charge on any atom is 0.0702 e. The number of aliphatic carboxylic acids is 1. The molecule has 0 bridgehead atoms. The number of hydrogen-bond donors (Lipinski definition) is 1. The van der Waals surface area contributed by atoms with Crippen molar-refractivity contribution in [2.45, 2.75) is 44.6 Å². The van der Waals surface area contributed by atoms with Gasteiger partial charge in [0.2, 0.25) is 0 Å². The van der Waals surface area contributed by atoms with Gasteiger partial charge in [0, 0.05) is 12.4 Å². The van der Waals surface area contributed by atoms with Gasteiger partial charge in [-0.2, -0.15) is 0 Å². The molecule has 3 heteroatoms. The van der Waals surface area contributed by atoms with E-state index in [2.05, 4.69) is 0 Å². The summed E-state index contributed by atoms with van der Waals surface area (Å²) < 4.78 is 0. The molecule has 0 heterocycles. The molecule has 0 aliphatic carbocycles. The van der Waals surface area contributed by atoms with Gasteiger partial charge in [-0.1, -0.05) is 43.7 Å². The zero-order valence-electron chi connectivity index (χ0n) is 10.2. The summed E-state index contributed by atoms with van der Waals surface area (Å²) in [6.45, 7) is 1.93. The van der Waals surface area contributed by atoms with Crippen LogP contribution in [0.5, 0.6) is 0 Å². The maximum atomic E-state index is 10.6. The van der Waals surface area contributed by atoms with E-state index < -0.39 is 11.6 Å². The normalized spacial score (nSPS) is 14.2. The molecule has 1 rings (SSSR count). The Morgan fingerprint density at radius 2 is 1.94 bits per heavy atom. The zero-order chi connectivity index (χ0) is 12.7. The number of carbonyl (C=O) groups excluding carboxylic acids is 1. The Morgan fingerprint density at radius 1 is 1.29 bits per heavy atom. The van der Waals surface area contributed by atoms with Crippen molar-refractivity contribution < 1.29 is 15.0 Å². The van der Waals surface area contributed by atoms with E-state index in [0.717, 1.165) is 12.0 Å². The number of aryl methyl sites for hydroxylation is 1. The minimum atomic E-state index is -1.19. The average molecular weight is 235 g/mol. The minimum Gasteiger partial charge on any atom is -0.550 e. The Kier molecular flexibility index (Phi) is 5.16. The Hall–Kier alpha value is -1.35. The molecule has 0 aromatic heterocycles. The molecule has 0 radical (unpaired) electrons. The molecule has 1 aromatic carbocycles. The highest BCUT2D eigenvalue weighted by molar-refractivity contribution is 5.65. The Labute approximate surface area is 102 Å². The lowest BCUT2D eigenvalue weighted by Crippen LogP contribution is -2.38. The molecule has 0 saturated heterocycles. The fourth-order valence-electron chi connectivity index (χ4n) is 2.06. The molecule has 94 valence electrons. The van der Waals surface area contributed by atoms with Gasteiger partial charge in [0.15, 0.2) is 0 Å². The van der Waals surface area contributed by atoms with Gasteiger partial charge < -0.3 is 15.0 Å². The first-order valence-corrected chi connectivity index (χ1v) is 6.02. The van der Waals surface area contributed by atoms with Crippen LogP contribution in [0.25, 0.3) is 0 Å². The number of hydrogen-bond acceptors (Lipinski definition) is 3. The van der Waals surface area contributed by atoms with Crippen molar-refractivity contribution in [2.75, 3.05) is 0 Å². The lowest BCUT2D eigenvalue weighted by atomic mass is 9.87. The zero-order valence-corrected chi connectivity index (χ0v) is 10.2. The lowest BCUT2D eigenvalue weighted by Gasteiger charge is -2.28. The second-order valence-corrected chi connectivity index (χ2v) is 4.51. The van der Waals surface area contributed by atoms with Gasteiger partial charge in [0.05, 0.1) is 5.60 Å². The summed E-state index contributed by atoms with van der Waals surface area (Å²) in [7, 11) is 0. The molecule has 0 fully saturated rings. The molecule has 1 atom stereocenters. The summed E-state index contributed by atoms with van der Waals surface area (Å²) in [5.74, 6) is -1.19. The minimum absolute atomic E-state index is 0.284. The van der Waals surface area contributed by atoms with Crippen molar-refractivity contribution in [3.63, 3.8) is 0 Å². The SMILES string of the molecule is CCC[C@@](O)(CCc1ccccc1)CC(=O)[O-]. The molecule has 0 aliphatic rings. The van der Waals surface area contributed by atoms with Crippen LogP contribution in [0, 0.1) is 0 Å². The van der Waals surface area contributed by atoms with Gasteiger partial charge in [0.1, 0.15) is 0 Å². The molecular formula is C14H19O3-. The van der Waals surface area contributed by atoms with Crippen molar-refractivity contribution in [1.82, 2.24) is 0 Å². The maximum absolute atomic E-state index is 10.6. The highest BCUT2D eigenvalue weighted by Crippen LogP contribution is 2.23. The van der Waals surface area contributed by atoms with E-state index in [-0.39, 0.29) is 6.42 Å². The molecule has 3 nitrogen and oxygen atoms in total. The predicted molar refractivity (Wildman–Crippen MR) is 64.2 cm³/mol. The van der Waals surface area contributed by atoms with Crippen molar-refractivity contribution in [3.8, 4) is 0 Å². The number of rotatable bonds is 7. The highest BCUT2D eigenvalue weighted by Gasteiger charge is 2.25. The van der Waals surface area contributed by atoms with Gasteiger partial charge in [-0.25, -0.2) is 0 Å². The third kappa shape index (κ3) is 5.00. The smallest absolute Gasteiger partial charge is 0.0702 e. The van der Waals surface area contributed by atoms with Gasteiger partial charge in [-0.3, -0.25) is 0 Å². The van der Waals surface area contributed by atoms with Crippen molar-refractivity contribution in [2.24, 2.45) is 0 Å². The quantitative estimate of drug-likeness (QED) is 0.774. The summed E-state index contributed by atoms with van der Waals surface area (Å²) in [6.07, 6.45) is 2.11. The summed E-state index contributed by atoms with van der Waals surface area (Å²) in [4.78, 5) is 10.6. The van der Waals surface area contributed by atoms with Gasteiger partial charge >= 0.3 is 0 Å². The van der Waals surface area contributed by atoms with Gasteiger partial charge in [-0.15, -0.1) is 0 Å². The van der Waals surface area contributed by atoms with Crippen LogP contribution in [0.1, 0.15) is 38.2 Å². The van der Waals surface area contributed by atoms with Crippen LogP contribution in [0.3, 0.4) is 0 Å². The van der Waals surface area contributed by atoms with Gasteiger partial charge in [-0.05, 0) is 24.8 Å². The predicted octanol–water partition coefficient (Wildman–Crippen LogP) is 1.29. The van der Waals surface area contributed by atoms with Crippen LogP contribution >= 0.6 is 0 Å². The van der Waals surface area contributed by atoms with Crippen LogP contribution in [-0.4, -0.2) is 16.7 Å². The molecule has 1 aromatic rings. The van der Waals surface area contributed by atoms with Crippen LogP contribution in [-0.2, 0) is 11.2 Å². The van der Waals surface area contributed by atoms with Crippen molar-refractivity contribution in [3.05, 3.63) is 35.9 Å². The largest absolute Gasteiger partial charge is 0.550 e. The van der Waals surface area contributed by atoms with E-state index in [0.29, 0.717) is 19.3 Å². The lowest BCUT2D eigenvalue weighted by molar-refractivity contribution is -0.309. The molecule has 1 N–H and O–H groups in total. The van der Waals surface area contributed by atoms with Crippen molar-refractivity contribution in [1.29, 1.82) is 0 Å². The second kappa shape index (κ2) is 6.40. The number of carbonyl (C=O) groups is 1. The molecule has 0 saturated carbocycles. The monoisotopic (exact) mass is 235 g/mol. The van der Waals surface area contributed by atoms with E-state index in [9.17, 15) is 15.0 Å². The van der Waals surface area contributed by atoms with E-state index in [4.69, 9.17) is 0 Å². The summed E-state index contributed by atoms with van der Waals surface area (Å²) in [5, 5.41) is 20.9. The second-order valence-electron chi connectivity index (χ2n) is 4.51. The number of aliphatic hydroxyl groups is 1. The van der Waals surface area contributed by atoms with Crippen molar-refractivity contribution >= 4 is 5.97 Å². The number of carboxylic acids is 1. The molecular weight excluding hydrogens is 216 g/mol. The number of benzene rings is 1. The Balaban J connectivity index is 2.58. The standard InChI is InChI=1S/C14H20O3/c1-2-9-14(17,11-13(15)16)10-8-12-6-4-3-5-7-12/h3-7,17H,2,8-11H2,1H3,(H,15,16)/p-1/t14-/m1/s1. The van der Waals surface area contributed by atoms with E-state index in [1.54, 1.807) is 0 Å².